The molecule has 0 spiro atoms. The van der Waals surface area contributed by atoms with Crippen molar-refractivity contribution in [3.05, 3.63) is 40.8 Å². The van der Waals surface area contributed by atoms with Crippen LogP contribution in [-0.4, -0.2) is 28.8 Å². The van der Waals surface area contributed by atoms with Gasteiger partial charge in [-0.25, -0.2) is 4.99 Å². The van der Waals surface area contributed by atoms with E-state index in [-0.39, 0.29) is 11.9 Å². The van der Waals surface area contributed by atoms with Crippen molar-refractivity contribution in [3.8, 4) is 11.1 Å². The summed E-state index contributed by atoms with van der Waals surface area (Å²) in [6, 6.07) is 6.03. The first-order valence-electron chi connectivity index (χ1n) is 7.17. The van der Waals surface area contributed by atoms with E-state index in [1.165, 1.54) is 4.90 Å². The number of carbonyl (C=O) groups excluding carboxylic acids is 1. The van der Waals surface area contributed by atoms with Crippen molar-refractivity contribution in [2.75, 3.05) is 7.05 Å². The highest BCUT2D eigenvalue weighted by Gasteiger charge is 2.39. The first-order valence-corrected chi connectivity index (χ1v) is 8.05. The van der Waals surface area contributed by atoms with Gasteiger partial charge in [0.25, 0.3) is 0 Å². The maximum atomic E-state index is 12.2. The third-order valence-corrected chi connectivity index (χ3v) is 5.25. The van der Waals surface area contributed by atoms with Gasteiger partial charge >= 0.3 is 0 Å². The second-order valence-electron chi connectivity index (χ2n) is 5.43. The van der Waals surface area contributed by atoms with Gasteiger partial charge in [0.2, 0.25) is 5.91 Å². The van der Waals surface area contributed by atoms with E-state index in [1.54, 1.807) is 24.6 Å². The molecule has 0 saturated heterocycles. The Bertz CT molecular complexity index is 725. The van der Waals surface area contributed by atoms with Crippen LogP contribution >= 0.6 is 11.3 Å². The van der Waals surface area contributed by atoms with E-state index in [4.69, 9.17) is 5.73 Å². The molecule has 22 heavy (non-hydrogen) atoms. The molecule has 2 N–H and O–H groups in total. The highest BCUT2D eigenvalue weighted by molar-refractivity contribution is 7.10. The zero-order chi connectivity index (χ0) is 15.7. The molecular weight excluding hydrogens is 296 g/mol. The standard InChI is InChI=1S/C16H18N4OS/c1-3-16(8-14(21)20(2)15(17)19-16)13-7-12(10-22-13)11-5-4-6-18-9-11/h4-7,9-10H,3,8H2,1-2H3,(H2,17,19)/t16-/m0/s1. The molecule has 0 unspecified atom stereocenters. The van der Waals surface area contributed by atoms with Gasteiger partial charge in [-0.3, -0.25) is 14.7 Å². The van der Waals surface area contributed by atoms with Crippen molar-refractivity contribution in [1.29, 1.82) is 0 Å². The Morgan fingerprint density at radius 1 is 1.45 bits per heavy atom. The summed E-state index contributed by atoms with van der Waals surface area (Å²) >= 11 is 1.62. The van der Waals surface area contributed by atoms with Gasteiger partial charge in [-0.1, -0.05) is 13.0 Å². The molecule has 0 aliphatic carbocycles. The van der Waals surface area contributed by atoms with Gasteiger partial charge in [0.1, 0.15) is 5.54 Å². The molecule has 2 aromatic rings. The first kappa shape index (κ1) is 14.7. The van der Waals surface area contributed by atoms with Crippen LogP contribution in [0.1, 0.15) is 24.6 Å². The van der Waals surface area contributed by atoms with Crippen molar-refractivity contribution in [3.63, 3.8) is 0 Å². The number of carbonyl (C=O) groups is 1. The largest absolute Gasteiger partial charge is 0.369 e. The summed E-state index contributed by atoms with van der Waals surface area (Å²) < 4.78 is 0. The number of nitrogens with two attached hydrogens (primary N) is 1. The van der Waals surface area contributed by atoms with E-state index >= 15 is 0 Å². The summed E-state index contributed by atoms with van der Waals surface area (Å²) in [5.41, 5.74) is 7.54. The number of thiophene rings is 1. The Morgan fingerprint density at radius 3 is 2.91 bits per heavy atom. The van der Waals surface area contributed by atoms with Crippen LogP contribution in [0.5, 0.6) is 0 Å². The molecule has 0 radical (unpaired) electrons. The van der Waals surface area contributed by atoms with Gasteiger partial charge in [-0.2, -0.15) is 0 Å². The second-order valence-corrected chi connectivity index (χ2v) is 6.34. The Labute approximate surface area is 133 Å². The molecule has 0 fully saturated rings. The summed E-state index contributed by atoms with van der Waals surface area (Å²) in [6.45, 7) is 2.04. The summed E-state index contributed by atoms with van der Waals surface area (Å²) in [5.74, 6) is 0.292. The molecule has 1 aliphatic rings. The zero-order valence-corrected chi connectivity index (χ0v) is 13.4. The summed E-state index contributed by atoms with van der Waals surface area (Å²) in [6.07, 6.45) is 4.68. The Morgan fingerprint density at radius 2 is 2.27 bits per heavy atom. The highest BCUT2D eigenvalue weighted by Crippen LogP contribution is 2.41. The van der Waals surface area contributed by atoms with Gasteiger partial charge in [0, 0.05) is 29.9 Å². The highest BCUT2D eigenvalue weighted by atomic mass is 32.1. The van der Waals surface area contributed by atoms with Crippen LogP contribution in [0.25, 0.3) is 11.1 Å². The molecule has 0 aromatic carbocycles. The lowest BCUT2D eigenvalue weighted by Crippen LogP contribution is -2.48. The Hall–Kier alpha value is -2.21. The van der Waals surface area contributed by atoms with Gasteiger partial charge < -0.3 is 5.73 Å². The maximum absolute atomic E-state index is 12.2. The summed E-state index contributed by atoms with van der Waals surface area (Å²) in [7, 11) is 1.66. The molecule has 2 aromatic heterocycles. The van der Waals surface area contributed by atoms with Crippen LogP contribution in [0.15, 0.2) is 41.0 Å². The smallest absolute Gasteiger partial charge is 0.231 e. The van der Waals surface area contributed by atoms with Crippen LogP contribution < -0.4 is 5.73 Å². The predicted octanol–water partition coefficient (Wildman–Crippen LogP) is 2.59. The lowest BCUT2D eigenvalue weighted by molar-refractivity contribution is -0.128. The number of aliphatic imine (C=N–C) groups is 1. The topological polar surface area (TPSA) is 71.6 Å². The zero-order valence-electron chi connectivity index (χ0n) is 12.6. The molecule has 0 saturated carbocycles. The molecule has 114 valence electrons. The van der Waals surface area contributed by atoms with Crippen molar-refractivity contribution >= 4 is 23.2 Å². The fourth-order valence-corrected chi connectivity index (χ4v) is 3.75. The van der Waals surface area contributed by atoms with Crippen LogP contribution in [0.3, 0.4) is 0 Å². The van der Waals surface area contributed by atoms with Crippen LogP contribution in [-0.2, 0) is 10.3 Å². The number of nitrogens with zero attached hydrogens (tertiary/aromatic N) is 3. The lowest BCUT2D eigenvalue weighted by atomic mass is 9.88. The fourth-order valence-electron chi connectivity index (χ4n) is 2.62. The molecule has 3 heterocycles. The van der Waals surface area contributed by atoms with E-state index in [9.17, 15) is 4.79 Å². The molecule has 1 amide bonds. The molecule has 5 nitrogen and oxygen atoms in total. The molecule has 1 atom stereocenters. The van der Waals surface area contributed by atoms with E-state index in [0.29, 0.717) is 6.42 Å². The normalized spacial score (nSPS) is 21.8. The summed E-state index contributed by atoms with van der Waals surface area (Å²) in [5, 5.41) is 2.08. The van der Waals surface area contributed by atoms with Crippen molar-refractivity contribution in [1.82, 2.24) is 9.88 Å². The van der Waals surface area contributed by atoms with Gasteiger partial charge in [0.05, 0.1) is 6.42 Å². The van der Waals surface area contributed by atoms with Crippen LogP contribution in [0, 0.1) is 0 Å². The molecule has 0 bridgehead atoms. The summed E-state index contributed by atoms with van der Waals surface area (Å²) in [4.78, 5) is 23.5. The van der Waals surface area contributed by atoms with Crippen LogP contribution in [0.4, 0.5) is 0 Å². The Balaban J connectivity index is 2.02. The van der Waals surface area contributed by atoms with Gasteiger partial charge in [-0.05, 0) is 29.5 Å². The SMILES string of the molecule is CC[C@@]1(c2cc(-c3cccnc3)cs2)CC(=O)N(C)C(N)=N1. The number of hydrogen-bond donors (Lipinski definition) is 1. The van der Waals surface area contributed by atoms with Crippen LogP contribution in [0.2, 0.25) is 0 Å². The van der Waals surface area contributed by atoms with Gasteiger partial charge in [-0.15, -0.1) is 11.3 Å². The monoisotopic (exact) mass is 314 g/mol. The minimum absolute atomic E-state index is 0.00526. The van der Waals surface area contributed by atoms with E-state index < -0.39 is 5.54 Å². The minimum Gasteiger partial charge on any atom is -0.369 e. The maximum Gasteiger partial charge on any atom is 0.231 e. The lowest BCUT2D eigenvalue weighted by Gasteiger charge is -2.34. The number of aromatic nitrogens is 1. The molecular formula is C16H18N4OS. The fraction of sp³-hybridized carbons (Fsp3) is 0.312. The van der Waals surface area contributed by atoms with E-state index in [0.717, 1.165) is 22.4 Å². The van der Waals surface area contributed by atoms with E-state index in [1.807, 2.05) is 25.3 Å². The Kier molecular flexibility index (Phi) is 3.70. The third-order valence-electron chi connectivity index (χ3n) is 4.13. The minimum atomic E-state index is -0.543. The molecule has 1 aliphatic heterocycles. The number of rotatable bonds is 3. The number of hydrogen-bond acceptors (Lipinski definition) is 5. The van der Waals surface area contributed by atoms with Crippen molar-refractivity contribution in [2.45, 2.75) is 25.3 Å². The molecule has 6 heteroatoms. The van der Waals surface area contributed by atoms with Gasteiger partial charge in [0.15, 0.2) is 5.96 Å². The average molecular weight is 314 g/mol. The first-order chi connectivity index (χ1) is 10.6. The van der Waals surface area contributed by atoms with Crippen molar-refractivity contribution in [2.24, 2.45) is 10.7 Å². The van der Waals surface area contributed by atoms with E-state index in [2.05, 4.69) is 21.4 Å². The number of guanidine groups is 1. The second kappa shape index (κ2) is 5.53. The average Bonchev–Trinajstić information content (AvgIpc) is 3.03. The third kappa shape index (κ3) is 2.39. The number of pyridine rings is 1. The van der Waals surface area contributed by atoms with Crippen molar-refractivity contribution < 1.29 is 4.79 Å². The molecule has 3 rings (SSSR count). The number of amides is 1. The quantitative estimate of drug-likeness (QED) is 0.946. The predicted molar refractivity (Wildman–Crippen MR) is 88.5 cm³/mol.